The van der Waals surface area contributed by atoms with Gasteiger partial charge in [0.05, 0.1) is 4.90 Å². The quantitative estimate of drug-likeness (QED) is 0.559. The molecule has 1 fully saturated rings. The molecule has 0 spiro atoms. The minimum Gasteiger partial charge on any atom is -0.207 e. The van der Waals surface area contributed by atoms with Gasteiger partial charge in [-0.1, -0.05) is 63.6 Å². The molecule has 0 bridgehead atoms. The maximum Gasteiger partial charge on any atom is 0.261 e. The number of halogens is 1. The van der Waals surface area contributed by atoms with Crippen molar-refractivity contribution < 1.29 is 8.42 Å². The van der Waals surface area contributed by atoms with Crippen molar-refractivity contribution >= 4 is 19.7 Å². The van der Waals surface area contributed by atoms with Gasteiger partial charge in [0.15, 0.2) is 0 Å². The van der Waals surface area contributed by atoms with Gasteiger partial charge in [0.25, 0.3) is 9.05 Å². The minimum atomic E-state index is -3.53. The molecule has 0 atom stereocenters. The molecule has 1 aromatic rings. The zero-order valence-electron chi connectivity index (χ0n) is 10.8. The third-order valence-corrected chi connectivity index (χ3v) is 4.54. The van der Waals surface area contributed by atoms with Gasteiger partial charge in [-0.2, -0.15) is 0 Å². The van der Waals surface area contributed by atoms with Gasteiger partial charge in [-0.05, 0) is 18.1 Å². The number of hydrogen-bond donors (Lipinski definition) is 0. The summed E-state index contributed by atoms with van der Waals surface area (Å²) in [6.45, 7) is 2.38. The first kappa shape index (κ1) is 15.5. The van der Waals surface area contributed by atoms with E-state index < -0.39 is 9.05 Å². The summed E-state index contributed by atoms with van der Waals surface area (Å²) in [6, 6.07) is 7.86. The first-order valence-electron chi connectivity index (χ1n) is 6.50. The van der Waals surface area contributed by atoms with Crippen LogP contribution >= 0.6 is 10.7 Å². The Morgan fingerprint density at radius 1 is 1.00 bits per heavy atom. The minimum absolute atomic E-state index is 0.136. The molecule has 102 valence electrons. The third-order valence-electron chi connectivity index (χ3n) is 3.17. The van der Waals surface area contributed by atoms with Crippen LogP contribution in [-0.4, -0.2) is 8.42 Å². The Morgan fingerprint density at radius 3 is 1.89 bits per heavy atom. The predicted octanol–water partition coefficient (Wildman–Crippen LogP) is 4.59. The maximum absolute atomic E-state index is 10.6. The van der Waals surface area contributed by atoms with E-state index in [1.165, 1.54) is 50.7 Å². The molecule has 18 heavy (non-hydrogen) atoms. The second-order valence-corrected chi connectivity index (χ2v) is 7.41. The topological polar surface area (TPSA) is 34.1 Å². The molecular weight excluding hydrogens is 268 g/mol. The second-order valence-electron chi connectivity index (χ2n) is 4.85. The Hall–Kier alpha value is -0.540. The number of benzene rings is 1. The predicted molar refractivity (Wildman–Crippen MR) is 76.3 cm³/mol. The molecule has 1 saturated carbocycles. The fourth-order valence-corrected chi connectivity index (χ4v) is 2.86. The van der Waals surface area contributed by atoms with Crippen LogP contribution in [0.1, 0.15) is 45.4 Å². The van der Waals surface area contributed by atoms with E-state index in [1.807, 2.05) is 0 Å². The summed E-state index contributed by atoms with van der Waals surface area (Å²) < 4.78 is 21.2. The summed E-state index contributed by atoms with van der Waals surface area (Å²) >= 11 is 0. The summed E-state index contributed by atoms with van der Waals surface area (Å²) in [4.78, 5) is 0.136. The molecule has 0 heterocycles. The Labute approximate surface area is 115 Å². The highest BCUT2D eigenvalue weighted by atomic mass is 35.7. The first-order valence-corrected chi connectivity index (χ1v) is 8.81. The Morgan fingerprint density at radius 2 is 1.50 bits per heavy atom. The summed E-state index contributed by atoms with van der Waals surface area (Å²) in [5.74, 6) is 1.03. The summed E-state index contributed by atoms with van der Waals surface area (Å²) in [7, 11) is 1.50. The van der Waals surface area contributed by atoms with Crippen molar-refractivity contribution in [1.29, 1.82) is 0 Å². The van der Waals surface area contributed by atoms with Crippen molar-refractivity contribution in [2.75, 3.05) is 0 Å². The molecule has 1 aliphatic rings. The molecule has 2 rings (SSSR count). The van der Waals surface area contributed by atoms with E-state index in [1.54, 1.807) is 18.2 Å². The van der Waals surface area contributed by atoms with E-state index in [9.17, 15) is 8.42 Å². The average molecular weight is 289 g/mol. The summed E-state index contributed by atoms with van der Waals surface area (Å²) in [5.41, 5.74) is 0. The van der Waals surface area contributed by atoms with Crippen LogP contribution in [0, 0.1) is 5.92 Å². The first-order chi connectivity index (χ1) is 8.50. The monoisotopic (exact) mass is 288 g/mol. The lowest BCUT2D eigenvalue weighted by Crippen LogP contribution is -1.88. The molecule has 0 N–H and O–H groups in total. The molecule has 0 saturated heterocycles. The van der Waals surface area contributed by atoms with Gasteiger partial charge in [-0.3, -0.25) is 0 Å². The van der Waals surface area contributed by atoms with Crippen LogP contribution in [0.5, 0.6) is 0 Å². The van der Waals surface area contributed by atoms with Crippen LogP contribution in [0.2, 0.25) is 0 Å². The Balaban J connectivity index is 0.000000184. The lowest BCUT2D eigenvalue weighted by molar-refractivity contribution is 0.505. The summed E-state index contributed by atoms with van der Waals surface area (Å²) in [6.07, 6.45) is 8.93. The van der Waals surface area contributed by atoms with Crippen molar-refractivity contribution in [3.05, 3.63) is 30.3 Å². The van der Waals surface area contributed by atoms with E-state index >= 15 is 0 Å². The zero-order chi connectivity index (χ0) is 13.4. The highest BCUT2D eigenvalue weighted by Crippen LogP contribution is 2.21. The molecule has 1 aromatic carbocycles. The maximum atomic E-state index is 10.6. The van der Waals surface area contributed by atoms with Crippen LogP contribution in [-0.2, 0) is 9.05 Å². The van der Waals surface area contributed by atoms with Crippen LogP contribution < -0.4 is 0 Å². The van der Waals surface area contributed by atoms with Crippen molar-refractivity contribution in [1.82, 2.24) is 0 Å². The van der Waals surface area contributed by atoms with E-state index in [2.05, 4.69) is 6.92 Å². The van der Waals surface area contributed by atoms with Gasteiger partial charge in [-0.25, -0.2) is 8.42 Å². The fraction of sp³-hybridized carbons (Fsp3) is 0.571. The molecule has 4 heteroatoms. The lowest BCUT2D eigenvalue weighted by atomic mass is 10.0. The van der Waals surface area contributed by atoms with Gasteiger partial charge in [0.2, 0.25) is 0 Å². The average Bonchev–Trinajstić information content (AvgIpc) is 2.58. The van der Waals surface area contributed by atoms with Crippen LogP contribution in [0.15, 0.2) is 35.2 Å². The fourth-order valence-electron chi connectivity index (χ4n) is 2.07. The highest BCUT2D eigenvalue weighted by Gasteiger charge is 2.06. The second kappa shape index (κ2) is 7.80. The van der Waals surface area contributed by atoms with Crippen molar-refractivity contribution in [3.63, 3.8) is 0 Å². The molecular formula is C14H21ClO2S. The smallest absolute Gasteiger partial charge is 0.207 e. The Kier molecular flexibility index (Phi) is 6.72. The van der Waals surface area contributed by atoms with Gasteiger partial charge >= 0.3 is 0 Å². The molecule has 0 radical (unpaired) electrons. The normalized spacial score (nSPS) is 17.4. The highest BCUT2D eigenvalue weighted by molar-refractivity contribution is 8.13. The molecule has 1 aliphatic carbocycles. The standard InChI is InChI=1S/C8H16.C6H5ClO2S/c1-8-6-4-2-3-5-7-8;7-10(8,9)6-4-2-1-3-5-6/h8H,2-7H2,1H3;1-5H. The zero-order valence-corrected chi connectivity index (χ0v) is 12.4. The van der Waals surface area contributed by atoms with Crippen LogP contribution in [0.25, 0.3) is 0 Å². The van der Waals surface area contributed by atoms with E-state index in [-0.39, 0.29) is 4.90 Å². The molecule has 0 amide bonds. The van der Waals surface area contributed by atoms with E-state index in [0.717, 1.165) is 5.92 Å². The molecule has 2 nitrogen and oxygen atoms in total. The van der Waals surface area contributed by atoms with Crippen molar-refractivity contribution in [2.45, 2.75) is 50.3 Å². The molecule has 0 unspecified atom stereocenters. The summed E-state index contributed by atoms with van der Waals surface area (Å²) in [5, 5.41) is 0. The van der Waals surface area contributed by atoms with Gasteiger partial charge < -0.3 is 0 Å². The van der Waals surface area contributed by atoms with Gasteiger partial charge in [-0.15, -0.1) is 0 Å². The Bertz CT molecular complexity index is 420. The molecule has 0 aliphatic heterocycles. The van der Waals surface area contributed by atoms with Gasteiger partial charge in [0.1, 0.15) is 0 Å². The van der Waals surface area contributed by atoms with E-state index in [4.69, 9.17) is 10.7 Å². The van der Waals surface area contributed by atoms with E-state index in [0.29, 0.717) is 0 Å². The van der Waals surface area contributed by atoms with Crippen LogP contribution in [0.4, 0.5) is 0 Å². The SMILES string of the molecule is CC1CCCCCC1.O=S(=O)(Cl)c1ccccc1. The van der Waals surface area contributed by atoms with Crippen molar-refractivity contribution in [3.8, 4) is 0 Å². The molecule has 0 aromatic heterocycles. The largest absolute Gasteiger partial charge is 0.261 e. The van der Waals surface area contributed by atoms with Gasteiger partial charge in [0, 0.05) is 10.7 Å². The third kappa shape index (κ3) is 6.41. The van der Waals surface area contributed by atoms with Crippen molar-refractivity contribution in [2.24, 2.45) is 5.92 Å². The number of rotatable bonds is 1. The lowest BCUT2D eigenvalue weighted by Gasteiger charge is -2.02. The number of hydrogen-bond acceptors (Lipinski definition) is 2. The van der Waals surface area contributed by atoms with Crippen LogP contribution in [0.3, 0.4) is 0 Å².